The lowest BCUT2D eigenvalue weighted by molar-refractivity contribution is 0.211. The summed E-state index contributed by atoms with van der Waals surface area (Å²) < 4.78 is 0. The summed E-state index contributed by atoms with van der Waals surface area (Å²) in [6, 6.07) is 14.5. The van der Waals surface area contributed by atoms with Crippen molar-refractivity contribution in [2.45, 2.75) is 20.4 Å². The molecule has 0 saturated heterocycles. The second-order valence-electron chi connectivity index (χ2n) is 5.84. The van der Waals surface area contributed by atoms with Crippen LogP contribution >= 0.6 is 0 Å². The van der Waals surface area contributed by atoms with Gasteiger partial charge in [0.05, 0.1) is 17.4 Å². The van der Waals surface area contributed by atoms with E-state index in [9.17, 15) is 9.59 Å². The van der Waals surface area contributed by atoms with E-state index in [-0.39, 0.29) is 18.1 Å². The molecule has 0 fully saturated rings. The first kappa shape index (κ1) is 16.7. The van der Waals surface area contributed by atoms with Crippen molar-refractivity contribution in [1.29, 1.82) is 0 Å². The predicted molar refractivity (Wildman–Crippen MR) is 98.6 cm³/mol. The fourth-order valence-corrected chi connectivity index (χ4v) is 2.56. The van der Waals surface area contributed by atoms with Gasteiger partial charge in [-0.25, -0.2) is 9.78 Å². The number of aromatic amines is 1. The van der Waals surface area contributed by atoms with Crippen molar-refractivity contribution in [3.63, 3.8) is 0 Å². The zero-order valence-corrected chi connectivity index (χ0v) is 14.2. The van der Waals surface area contributed by atoms with E-state index in [4.69, 9.17) is 0 Å². The van der Waals surface area contributed by atoms with Crippen LogP contribution in [0.4, 0.5) is 10.5 Å². The summed E-state index contributed by atoms with van der Waals surface area (Å²) in [5, 5.41) is 3.40. The summed E-state index contributed by atoms with van der Waals surface area (Å²) >= 11 is 0. The first-order valence-electron chi connectivity index (χ1n) is 8.17. The average molecular weight is 336 g/mol. The molecule has 0 bridgehead atoms. The number of hydrogen-bond acceptors (Lipinski definition) is 3. The first-order valence-corrected chi connectivity index (χ1v) is 8.17. The molecule has 0 unspecified atom stereocenters. The van der Waals surface area contributed by atoms with Crippen LogP contribution in [-0.2, 0) is 6.54 Å². The fraction of sp³-hybridized carbons (Fsp3) is 0.211. The van der Waals surface area contributed by atoms with Gasteiger partial charge in [0.2, 0.25) is 0 Å². The van der Waals surface area contributed by atoms with Crippen LogP contribution in [0, 0.1) is 6.92 Å². The van der Waals surface area contributed by atoms with E-state index in [1.807, 2.05) is 44.2 Å². The molecular formula is C19H20N4O2. The van der Waals surface area contributed by atoms with Crippen LogP contribution in [0.25, 0.3) is 10.9 Å². The number of nitrogens with one attached hydrogen (secondary N) is 2. The van der Waals surface area contributed by atoms with Gasteiger partial charge in [0.25, 0.3) is 5.56 Å². The van der Waals surface area contributed by atoms with Crippen LogP contribution in [0.1, 0.15) is 18.3 Å². The Bertz CT molecular complexity index is 948. The number of fused-ring (bicyclic) bond motifs is 1. The highest BCUT2D eigenvalue weighted by atomic mass is 16.2. The molecule has 0 aliphatic rings. The number of H-pyrrole nitrogens is 1. The highest BCUT2D eigenvalue weighted by Gasteiger charge is 2.14. The van der Waals surface area contributed by atoms with Crippen molar-refractivity contribution in [1.82, 2.24) is 14.9 Å². The summed E-state index contributed by atoms with van der Waals surface area (Å²) in [5.74, 6) is 0.463. The van der Waals surface area contributed by atoms with Crippen LogP contribution < -0.4 is 10.9 Å². The smallest absolute Gasteiger partial charge is 0.317 e. The minimum Gasteiger partial charge on any atom is -0.317 e. The standard InChI is InChI=1S/C19H20N4O2/c1-3-23(19(25)20-14-10-8-13(2)9-11-14)12-17-21-16-7-5-4-6-15(16)18(24)22-17/h4-11H,3,12H2,1-2H3,(H,20,25)(H,21,22,24). The van der Waals surface area contributed by atoms with Gasteiger partial charge in [-0.3, -0.25) is 4.79 Å². The number of amides is 2. The van der Waals surface area contributed by atoms with Crippen LogP contribution in [-0.4, -0.2) is 27.4 Å². The first-order chi connectivity index (χ1) is 12.1. The molecule has 3 rings (SSSR count). The van der Waals surface area contributed by atoms with E-state index >= 15 is 0 Å². The Labute approximate surface area is 145 Å². The molecule has 0 atom stereocenters. The molecule has 0 aliphatic heterocycles. The maximum absolute atomic E-state index is 12.5. The zero-order valence-electron chi connectivity index (χ0n) is 14.2. The Balaban J connectivity index is 1.78. The van der Waals surface area contributed by atoms with E-state index in [0.717, 1.165) is 11.3 Å². The lowest BCUT2D eigenvalue weighted by Gasteiger charge is -2.21. The molecule has 2 N–H and O–H groups in total. The van der Waals surface area contributed by atoms with Gasteiger partial charge in [-0.05, 0) is 38.1 Å². The van der Waals surface area contributed by atoms with E-state index in [0.29, 0.717) is 23.3 Å². The van der Waals surface area contributed by atoms with Crippen molar-refractivity contribution >= 4 is 22.6 Å². The Morgan fingerprint density at radius 3 is 2.60 bits per heavy atom. The number of anilines is 1. The van der Waals surface area contributed by atoms with Crippen molar-refractivity contribution < 1.29 is 4.79 Å². The number of benzene rings is 2. The van der Waals surface area contributed by atoms with E-state index in [2.05, 4.69) is 15.3 Å². The normalized spacial score (nSPS) is 10.6. The monoisotopic (exact) mass is 336 g/mol. The van der Waals surface area contributed by atoms with Crippen molar-refractivity contribution in [3.8, 4) is 0 Å². The molecule has 0 radical (unpaired) electrons. The largest absolute Gasteiger partial charge is 0.322 e. The molecule has 25 heavy (non-hydrogen) atoms. The second-order valence-corrected chi connectivity index (χ2v) is 5.84. The van der Waals surface area contributed by atoms with E-state index < -0.39 is 0 Å². The number of hydrogen-bond donors (Lipinski definition) is 2. The highest BCUT2D eigenvalue weighted by molar-refractivity contribution is 5.89. The number of para-hydroxylation sites is 1. The Hall–Kier alpha value is -3.15. The Morgan fingerprint density at radius 2 is 1.88 bits per heavy atom. The number of rotatable bonds is 4. The quantitative estimate of drug-likeness (QED) is 0.767. The molecule has 1 heterocycles. The van der Waals surface area contributed by atoms with Gasteiger partial charge in [-0.1, -0.05) is 29.8 Å². The highest BCUT2D eigenvalue weighted by Crippen LogP contribution is 2.11. The lowest BCUT2D eigenvalue weighted by Crippen LogP contribution is -2.35. The molecule has 0 saturated carbocycles. The number of carbonyl (C=O) groups is 1. The summed E-state index contributed by atoms with van der Waals surface area (Å²) in [4.78, 5) is 33.4. The summed E-state index contributed by atoms with van der Waals surface area (Å²) in [5.41, 5.74) is 2.28. The SMILES string of the molecule is CCN(Cc1nc2ccccc2c(=O)[nH]1)C(=O)Nc1ccc(C)cc1. The van der Waals surface area contributed by atoms with Crippen LogP contribution in [0.5, 0.6) is 0 Å². The van der Waals surface area contributed by atoms with Gasteiger partial charge in [-0.2, -0.15) is 0 Å². The van der Waals surface area contributed by atoms with Crippen molar-refractivity contribution in [3.05, 3.63) is 70.3 Å². The average Bonchev–Trinajstić information content (AvgIpc) is 2.61. The number of carbonyl (C=O) groups excluding carboxylic acids is 1. The predicted octanol–water partition coefficient (Wildman–Crippen LogP) is 3.29. The molecule has 0 aliphatic carbocycles. The third-order valence-electron chi connectivity index (χ3n) is 3.97. The third-order valence-corrected chi connectivity index (χ3v) is 3.97. The van der Waals surface area contributed by atoms with Gasteiger partial charge in [0.15, 0.2) is 0 Å². The summed E-state index contributed by atoms with van der Waals surface area (Å²) in [6.07, 6.45) is 0. The van der Waals surface area contributed by atoms with E-state index in [1.54, 1.807) is 23.1 Å². The molecule has 2 aromatic carbocycles. The molecule has 6 nitrogen and oxygen atoms in total. The molecule has 3 aromatic rings. The number of urea groups is 1. The minimum atomic E-state index is -0.234. The summed E-state index contributed by atoms with van der Waals surface area (Å²) in [7, 11) is 0. The molecule has 6 heteroatoms. The van der Waals surface area contributed by atoms with Gasteiger partial charge in [0.1, 0.15) is 5.82 Å². The molecule has 128 valence electrons. The van der Waals surface area contributed by atoms with Crippen molar-refractivity contribution in [2.75, 3.05) is 11.9 Å². The fourth-order valence-electron chi connectivity index (χ4n) is 2.56. The number of nitrogens with zero attached hydrogens (tertiary/aromatic N) is 2. The Kier molecular flexibility index (Phi) is 4.79. The van der Waals surface area contributed by atoms with Gasteiger partial charge >= 0.3 is 6.03 Å². The minimum absolute atomic E-state index is 0.199. The molecular weight excluding hydrogens is 316 g/mol. The van der Waals surface area contributed by atoms with Crippen LogP contribution in [0.3, 0.4) is 0 Å². The zero-order chi connectivity index (χ0) is 17.8. The topological polar surface area (TPSA) is 78.1 Å². The number of aryl methyl sites for hydroxylation is 1. The van der Waals surface area contributed by atoms with Gasteiger partial charge in [-0.15, -0.1) is 0 Å². The molecule has 2 amide bonds. The maximum Gasteiger partial charge on any atom is 0.322 e. The Morgan fingerprint density at radius 1 is 1.16 bits per heavy atom. The molecule has 0 spiro atoms. The van der Waals surface area contributed by atoms with Crippen LogP contribution in [0.15, 0.2) is 53.3 Å². The second kappa shape index (κ2) is 7.17. The number of aromatic nitrogens is 2. The van der Waals surface area contributed by atoms with Gasteiger partial charge < -0.3 is 15.2 Å². The summed E-state index contributed by atoms with van der Waals surface area (Å²) in [6.45, 7) is 4.60. The van der Waals surface area contributed by atoms with E-state index in [1.165, 1.54) is 0 Å². The maximum atomic E-state index is 12.5. The lowest BCUT2D eigenvalue weighted by atomic mass is 10.2. The third kappa shape index (κ3) is 3.85. The van der Waals surface area contributed by atoms with Crippen molar-refractivity contribution in [2.24, 2.45) is 0 Å². The van der Waals surface area contributed by atoms with Gasteiger partial charge in [0, 0.05) is 12.2 Å². The molecule has 1 aromatic heterocycles. The van der Waals surface area contributed by atoms with Crippen LogP contribution in [0.2, 0.25) is 0 Å².